The largest absolute Gasteiger partial charge is 0.497 e. The first-order valence-electron chi connectivity index (χ1n) is 12.4. The number of amides is 1. The monoisotopic (exact) mass is 486 g/mol. The van der Waals surface area contributed by atoms with E-state index in [2.05, 4.69) is 34.1 Å². The van der Waals surface area contributed by atoms with Crippen LogP contribution in [0.25, 0.3) is 0 Å². The average Bonchev–Trinajstić information content (AvgIpc) is 3.36. The van der Waals surface area contributed by atoms with E-state index in [4.69, 9.17) is 9.84 Å². The molecular formula is C29H31FN4O2. The lowest BCUT2D eigenvalue weighted by molar-refractivity contribution is -0.134. The minimum atomic E-state index is -0.329. The maximum absolute atomic E-state index is 14.1. The van der Waals surface area contributed by atoms with Crippen LogP contribution in [0, 0.1) is 5.82 Å². The molecule has 0 unspecified atom stereocenters. The van der Waals surface area contributed by atoms with Gasteiger partial charge in [0.1, 0.15) is 11.6 Å². The highest BCUT2D eigenvalue weighted by molar-refractivity contribution is 6.03. The molecular weight excluding hydrogens is 455 g/mol. The second-order valence-electron chi connectivity index (χ2n) is 9.33. The third-order valence-corrected chi connectivity index (χ3v) is 6.90. The summed E-state index contributed by atoms with van der Waals surface area (Å²) in [5.41, 5.74) is 3.80. The number of hydrogen-bond acceptors (Lipinski definition) is 5. The van der Waals surface area contributed by atoms with Crippen LogP contribution in [0.5, 0.6) is 5.75 Å². The van der Waals surface area contributed by atoms with Gasteiger partial charge in [0.05, 0.1) is 25.4 Å². The number of methoxy groups -OCH3 is 1. The zero-order valence-electron chi connectivity index (χ0n) is 20.5. The van der Waals surface area contributed by atoms with Crippen LogP contribution >= 0.6 is 0 Å². The molecule has 0 aromatic heterocycles. The molecule has 1 fully saturated rings. The number of piperazine rings is 1. The average molecular weight is 487 g/mol. The van der Waals surface area contributed by atoms with Crippen molar-refractivity contribution in [2.45, 2.75) is 19.0 Å². The quantitative estimate of drug-likeness (QED) is 0.499. The SMILES string of the molecule is COc1ccc(C2=NN(C(=O)CN3CCN(Cc4ccccc4)CC3)[C@H](c3cccc(F)c3)C2)cc1. The zero-order chi connectivity index (χ0) is 24.9. The first-order valence-corrected chi connectivity index (χ1v) is 12.4. The van der Waals surface area contributed by atoms with Gasteiger partial charge in [0.2, 0.25) is 0 Å². The van der Waals surface area contributed by atoms with Gasteiger partial charge in [-0.1, -0.05) is 42.5 Å². The number of benzene rings is 3. The standard InChI is InChI=1S/C29H31FN4O2/c1-36-26-12-10-23(11-13-26)27-19-28(24-8-5-9-25(30)18-24)34(31-27)29(35)21-33-16-14-32(15-17-33)20-22-6-3-2-4-7-22/h2-13,18,28H,14-17,19-21H2,1H3/t28-/m0/s1. The Kier molecular flexibility index (Phi) is 7.39. The molecule has 0 N–H and O–H groups in total. The molecule has 0 saturated carbocycles. The first kappa shape index (κ1) is 24.2. The summed E-state index contributed by atoms with van der Waals surface area (Å²) in [6, 6.07) is 24.3. The van der Waals surface area contributed by atoms with Crippen LogP contribution in [0.2, 0.25) is 0 Å². The highest BCUT2D eigenvalue weighted by Gasteiger charge is 2.34. The molecule has 5 rings (SSSR count). The van der Waals surface area contributed by atoms with Gasteiger partial charge in [-0.2, -0.15) is 5.10 Å². The van der Waals surface area contributed by atoms with Gasteiger partial charge in [0.15, 0.2) is 0 Å². The van der Waals surface area contributed by atoms with Gasteiger partial charge in [-0.3, -0.25) is 14.6 Å². The minimum absolute atomic E-state index is 0.0655. The molecule has 2 aliphatic rings. The molecule has 3 aromatic carbocycles. The Bertz CT molecular complexity index is 1210. The Balaban J connectivity index is 1.27. The van der Waals surface area contributed by atoms with E-state index >= 15 is 0 Å². The topological polar surface area (TPSA) is 48.4 Å². The van der Waals surface area contributed by atoms with Gasteiger partial charge in [0, 0.05) is 39.1 Å². The fourth-order valence-corrected chi connectivity index (χ4v) is 4.88. The number of rotatable bonds is 7. The van der Waals surface area contributed by atoms with Crippen LogP contribution < -0.4 is 4.74 Å². The number of hydrogen-bond donors (Lipinski definition) is 0. The van der Waals surface area contributed by atoms with Crippen molar-refractivity contribution in [3.05, 3.63) is 101 Å². The molecule has 1 saturated heterocycles. The summed E-state index contributed by atoms with van der Waals surface area (Å²) in [5.74, 6) is 0.384. The van der Waals surface area contributed by atoms with E-state index in [1.165, 1.54) is 17.7 Å². The van der Waals surface area contributed by atoms with Crippen LogP contribution in [-0.4, -0.2) is 66.3 Å². The number of hydrazone groups is 1. The lowest BCUT2D eigenvalue weighted by atomic mass is 9.98. The van der Waals surface area contributed by atoms with Crippen LogP contribution in [-0.2, 0) is 11.3 Å². The van der Waals surface area contributed by atoms with E-state index in [1.807, 2.05) is 36.4 Å². The number of carbonyl (C=O) groups is 1. The van der Waals surface area contributed by atoms with E-state index in [0.717, 1.165) is 55.3 Å². The summed E-state index contributed by atoms with van der Waals surface area (Å²) in [6.07, 6.45) is 0.534. The van der Waals surface area contributed by atoms with Crippen LogP contribution in [0.4, 0.5) is 4.39 Å². The van der Waals surface area contributed by atoms with Gasteiger partial charge in [-0.05, 0) is 53.1 Å². The van der Waals surface area contributed by atoms with Crippen molar-refractivity contribution < 1.29 is 13.9 Å². The van der Waals surface area contributed by atoms with Gasteiger partial charge in [-0.15, -0.1) is 0 Å². The Morgan fingerprint density at radius 1 is 0.944 bits per heavy atom. The second kappa shape index (κ2) is 11.0. The minimum Gasteiger partial charge on any atom is -0.497 e. The Hall–Kier alpha value is -3.55. The maximum Gasteiger partial charge on any atom is 0.257 e. The molecule has 6 nitrogen and oxygen atoms in total. The molecule has 2 aliphatic heterocycles. The third kappa shape index (κ3) is 5.64. The van der Waals surface area contributed by atoms with E-state index in [1.54, 1.807) is 18.2 Å². The van der Waals surface area contributed by atoms with E-state index in [9.17, 15) is 9.18 Å². The van der Waals surface area contributed by atoms with Crippen molar-refractivity contribution in [1.82, 2.24) is 14.8 Å². The number of halogens is 1. The highest BCUT2D eigenvalue weighted by atomic mass is 19.1. The predicted molar refractivity (Wildman–Crippen MR) is 138 cm³/mol. The summed E-state index contributed by atoms with van der Waals surface area (Å²) in [5, 5.41) is 6.30. The molecule has 0 spiro atoms. The van der Waals surface area contributed by atoms with Gasteiger partial charge < -0.3 is 4.74 Å². The van der Waals surface area contributed by atoms with E-state index in [-0.39, 0.29) is 17.8 Å². The van der Waals surface area contributed by atoms with Gasteiger partial charge >= 0.3 is 0 Å². The molecule has 0 aliphatic carbocycles. The zero-order valence-corrected chi connectivity index (χ0v) is 20.5. The highest BCUT2D eigenvalue weighted by Crippen LogP contribution is 2.33. The molecule has 1 amide bonds. The molecule has 1 atom stereocenters. The molecule has 0 radical (unpaired) electrons. The molecule has 36 heavy (non-hydrogen) atoms. The second-order valence-corrected chi connectivity index (χ2v) is 9.33. The van der Waals surface area contributed by atoms with Crippen LogP contribution in [0.15, 0.2) is 84.0 Å². The summed E-state index contributed by atoms with van der Waals surface area (Å²) in [4.78, 5) is 18.1. The number of ether oxygens (including phenoxy) is 1. The predicted octanol–water partition coefficient (Wildman–Crippen LogP) is 4.33. The molecule has 7 heteroatoms. The van der Waals surface area contributed by atoms with Crippen molar-refractivity contribution >= 4 is 11.6 Å². The fraction of sp³-hybridized carbons (Fsp3) is 0.310. The summed E-state index contributed by atoms with van der Waals surface area (Å²) >= 11 is 0. The molecule has 3 aromatic rings. The summed E-state index contributed by atoms with van der Waals surface area (Å²) in [7, 11) is 1.63. The Morgan fingerprint density at radius 2 is 1.67 bits per heavy atom. The number of nitrogens with zero attached hydrogens (tertiary/aromatic N) is 4. The third-order valence-electron chi connectivity index (χ3n) is 6.90. The van der Waals surface area contributed by atoms with Gasteiger partial charge in [0.25, 0.3) is 5.91 Å². The Morgan fingerprint density at radius 3 is 2.36 bits per heavy atom. The summed E-state index contributed by atoms with van der Waals surface area (Å²) < 4.78 is 19.3. The van der Waals surface area contributed by atoms with Crippen molar-refractivity contribution in [3.8, 4) is 5.75 Å². The van der Waals surface area contributed by atoms with E-state index < -0.39 is 0 Å². The normalized spacial score (nSPS) is 18.8. The lowest BCUT2D eigenvalue weighted by Crippen LogP contribution is -2.49. The maximum atomic E-state index is 14.1. The van der Waals surface area contributed by atoms with Gasteiger partial charge in [-0.25, -0.2) is 9.40 Å². The number of carbonyl (C=O) groups excluding carboxylic acids is 1. The molecule has 186 valence electrons. The van der Waals surface area contributed by atoms with Crippen molar-refractivity contribution in [3.63, 3.8) is 0 Å². The van der Waals surface area contributed by atoms with Crippen LogP contribution in [0.3, 0.4) is 0 Å². The smallest absolute Gasteiger partial charge is 0.257 e. The van der Waals surface area contributed by atoms with Crippen molar-refractivity contribution in [2.24, 2.45) is 5.10 Å². The molecule has 0 bridgehead atoms. The van der Waals surface area contributed by atoms with Crippen LogP contribution in [0.1, 0.15) is 29.2 Å². The van der Waals surface area contributed by atoms with Crippen molar-refractivity contribution in [2.75, 3.05) is 39.8 Å². The summed E-state index contributed by atoms with van der Waals surface area (Å²) in [6.45, 7) is 4.69. The molecule has 2 heterocycles. The first-order chi connectivity index (χ1) is 17.6. The lowest BCUT2D eigenvalue weighted by Gasteiger charge is -2.35. The fourth-order valence-electron chi connectivity index (χ4n) is 4.88. The van der Waals surface area contributed by atoms with Crippen molar-refractivity contribution in [1.29, 1.82) is 0 Å². The Labute approximate surface area is 211 Å². The van der Waals surface area contributed by atoms with E-state index in [0.29, 0.717) is 13.0 Å².